The van der Waals surface area contributed by atoms with Crippen LogP contribution in [0.5, 0.6) is 0 Å². The van der Waals surface area contributed by atoms with E-state index in [9.17, 15) is 10.7 Å². The van der Waals surface area contributed by atoms with E-state index in [2.05, 4.69) is 11.5 Å². The van der Waals surface area contributed by atoms with Crippen LogP contribution in [-0.4, -0.2) is 11.6 Å². The molecule has 0 atom stereocenters. The predicted octanol–water partition coefficient (Wildman–Crippen LogP) is 5.56. The molecule has 0 radical (unpaired) electrons. The molecule has 1 aromatic carbocycles. The Labute approximate surface area is 170 Å². The zero-order chi connectivity index (χ0) is 20.5. The van der Waals surface area contributed by atoms with Crippen LogP contribution in [-0.2, 0) is 0 Å². The highest BCUT2D eigenvalue weighted by atomic mass is 14.4. The lowest BCUT2D eigenvalue weighted by molar-refractivity contribution is 1.50. The zero-order valence-corrected chi connectivity index (χ0v) is 15.6. The molecule has 0 amide bonds. The highest BCUT2D eigenvalue weighted by Gasteiger charge is 2.07. The molecule has 136 valence electrons. The van der Waals surface area contributed by atoms with E-state index in [4.69, 9.17) is 5.41 Å². The van der Waals surface area contributed by atoms with Gasteiger partial charge in [0.15, 0.2) is 0 Å². The first-order valence-corrected chi connectivity index (χ1v) is 8.91. The van der Waals surface area contributed by atoms with E-state index in [1.807, 2.05) is 90.9 Å². The number of allylic oxidation sites excluding steroid dienone is 15. The van der Waals surface area contributed by atoms with Crippen molar-refractivity contribution in [2.24, 2.45) is 0 Å². The number of hydrogen-bond acceptors (Lipinski definition) is 2. The van der Waals surface area contributed by atoms with Crippen molar-refractivity contribution in [1.82, 2.24) is 0 Å². The number of benzene rings is 1. The lowest BCUT2D eigenvalue weighted by Gasteiger charge is -2.07. The summed E-state index contributed by atoms with van der Waals surface area (Å²) in [7, 11) is 0. The largest absolute Gasteiger partial charge is 0.762 e. The van der Waals surface area contributed by atoms with Crippen molar-refractivity contribution >= 4 is 17.2 Å². The molecule has 0 saturated heterocycles. The van der Waals surface area contributed by atoms with Crippen molar-refractivity contribution < 1.29 is 0 Å². The van der Waals surface area contributed by atoms with Crippen molar-refractivity contribution in [3.05, 3.63) is 136 Å². The van der Waals surface area contributed by atoms with Gasteiger partial charge in [-0.1, -0.05) is 60.0 Å². The molecule has 0 heterocycles. The van der Waals surface area contributed by atoms with Crippen molar-refractivity contribution in [2.75, 3.05) is 0 Å². The second-order valence-corrected chi connectivity index (χ2v) is 6.16. The number of rotatable bonds is 3. The Morgan fingerprint density at radius 3 is 2.21 bits per heavy atom. The minimum Gasteiger partial charge on any atom is -0.762 e. The van der Waals surface area contributed by atoms with Gasteiger partial charge in [0.05, 0.1) is 11.3 Å². The van der Waals surface area contributed by atoms with Gasteiger partial charge in [-0.25, -0.2) is 5.87 Å². The van der Waals surface area contributed by atoms with E-state index < -0.39 is 0 Å². The van der Waals surface area contributed by atoms with Crippen LogP contribution in [0, 0.1) is 16.7 Å². The van der Waals surface area contributed by atoms with Crippen molar-refractivity contribution in [2.45, 2.75) is 0 Å². The van der Waals surface area contributed by atoms with Crippen LogP contribution in [0.2, 0.25) is 0 Å². The summed E-state index contributed by atoms with van der Waals surface area (Å²) in [5.74, 6) is 1.98. The molecule has 0 aliphatic heterocycles. The normalized spacial score (nSPS) is 15.1. The summed E-state index contributed by atoms with van der Waals surface area (Å²) in [5, 5.41) is 26.2. The fraction of sp³-hybridized carbons (Fsp3) is 0. The van der Waals surface area contributed by atoms with Gasteiger partial charge in [-0.15, -0.1) is 0 Å². The molecule has 0 unspecified atom stereocenters. The average Bonchev–Trinajstić information content (AvgIpc) is 2.99. The summed E-state index contributed by atoms with van der Waals surface area (Å²) in [6.07, 6.45) is 18.4. The maximum absolute atomic E-state index is 9.34. The summed E-state index contributed by atoms with van der Waals surface area (Å²) in [4.78, 5) is 0. The van der Waals surface area contributed by atoms with E-state index >= 15 is 0 Å². The number of nitriles is 1. The van der Waals surface area contributed by atoms with E-state index in [0.29, 0.717) is 11.3 Å². The van der Waals surface area contributed by atoms with Crippen LogP contribution in [0.3, 0.4) is 0 Å². The predicted molar refractivity (Wildman–Crippen MR) is 118 cm³/mol. The van der Waals surface area contributed by atoms with Gasteiger partial charge in [-0.2, -0.15) is 5.26 Å². The molecule has 3 rings (SSSR count). The summed E-state index contributed by atoms with van der Waals surface area (Å²) >= 11 is 0. The first-order chi connectivity index (χ1) is 14.2. The summed E-state index contributed by atoms with van der Waals surface area (Å²) in [6.45, 7) is 0. The molecule has 0 bridgehead atoms. The van der Waals surface area contributed by atoms with Gasteiger partial charge in [0.1, 0.15) is 6.07 Å². The number of nitrogens with one attached hydrogen (secondary N) is 1. The molecule has 1 aromatic rings. The molecule has 1 N–H and O–H groups in total. The zero-order valence-electron chi connectivity index (χ0n) is 15.6. The average molecular weight is 370 g/mol. The Balaban J connectivity index is 1.97. The molecule has 3 heteroatoms. The lowest BCUT2D eigenvalue weighted by atomic mass is 9.97. The van der Waals surface area contributed by atoms with Crippen LogP contribution in [0.1, 0.15) is 5.56 Å². The molecular weight excluding hydrogens is 354 g/mol. The second kappa shape index (κ2) is 9.49. The van der Waals surface area contributed by atoms with Crippen LogP contribution in [0.4, 0.5) is 0 Å². The first-order valence-electron chi connectivity index (χ1n) is 8.91. The summed E-state index contributed by atoms with van der Waals surface area (Å²) < 4.78 is 0. The maximum atomic E-state index is 9.34. The van der Waals surface area contributed by atoms with Gasteiger partial charge in [-0.05, 0) is 53.7 Å². The Morgan fingerprint density at radius 1 is 0.897 bits per heavy atom. The van der Waals surface area contributed by atoms with Gasteiger partial charge in [0.25, 0.3) is 0 Å². The smallest absolute Gasteiger partial charge is 0.106 e. The number of nitrogens with zero attached hydrogens (tertiary/aromatic N) is 2. The molecule has 0 saturated carbocycles. The molecule has 0 aromatic heterocycles. The van der Waals surface area contributed by atoms with Crippen LogP contribution < -0.4 is 0 Å². The van der Waals surface area contributed by atoms with Gasteiger partial charge < -0.3 is 10.8 Å². The SMILES string of the molecule is N#CC(=C=[N-])/C(=C/C1=CC=CC(=C=C=C2C=CC(=N)C=C2)C=C1)c1ccccc1. The van der Waals surface area contributed by atoms with Crippen LogP contribution in [0.25, 0.3) is 11.0 Å². The van der Waals surface area contributed by atoms with Gasteiger partial charge in [0.2, 0.25) is 0 Å². The standard InChI is InChI=1S/C26H16N3/c27-18-24(19-28)26(23-7-2-1-3-8-23)17-22-6-4-5-20(11-12-22)9-10-21-13-15-25(29)16-14-21/h1-8,11-17,29H/q-1/b21-20?,26-17+,29-25?. The van der Waals surface area contributed by atoms with Gasteiger partial charge in [-0.3, -0.25) is 0 Å². The molecule has 29 heavy (non-hydrogen) atoms. The van der Waals surface area contributed by atoms with Crippen LogP contribution in [0.15, 0.2) is 125 Å². The Bertz CT molecular complexity index is 1200. The van der Waals surface area contributed by atoms with E-state index in [0.717, 1.165) is 22.3 Å². The Kier molecular flexibility index (Phi) is 6.33. The number of hydrogen-bond donors (Lipinski definition) is 1. The fourth-order valence-corrected chi connectivity index (χ4v) is 2.67. The molecule has 2 aliphatic rings. The summed E-state index contributed by atoms with van der Waals surface area (Å²) in [5.41, 5.74) is 10.7. The molecule has 0 spiro atoms. The monoisotopic (exact) mass is 370 g/mol. The topological polar surface area (TPSA) is 69.9 Å². The molecule has 3 nitrogen and oxygen atoms in total. The minimum atomic E-state index is 0.0700. The Hall–Kier alpha value is -4.43. The van der Waals surface area contributed by atoms with E-state index in [1.54, 1.807) is 12.2 Å². The third-order valence-corrected chi connectivity index (χ3v) is 4.14. The van der Waals surface area contributed by atoms with E-state index in [-0.39, 0.29) is 5.57 Å². The minimum absolute atomic E-state index is 0.0700. The fourth-order valence-electron chi connectivity index (χ4n) is 2.67. The van der Waals surface area contributed by atoms with Crippen molar-refractivity contribution in [3.63, 3.8) is 0 Å². The van der Waals surface area contributed by atoms with E-state index in [1.165, 1.54) is 0 Å². The van der Waals surface area contributed by atoms with Crippen molar-refractivity contribution in [3.8, 4) is 6.07 Å². The lowest BCUT2D eigenvalue weighted by Crippen LogP contribution is -1.90. The maximum Gasteiger partial charge on any atom is 0.106 e. The molecular formula is C26H16N3-. The third kappa shape index (κ3) is 5.28. The van der Waals surface area contributed by atoms with Gasteiger partial charge >= 0.3 is 0 Å². The first kappa shape index (κ1) is 19.3. The molecule has 0 fully saturated rings. The highest BCUT2D eigenvalue weighted by Crippen LogP contribution is 2.24. The second-order valence-electron chi connectivity index (χ2n) is 6.16. The van der Waals surface area contributed by atoms with Crippen LogP contribution >= 0.6 is 0 Å². The third-order valence-electron chi connectivity index (χ3n) is 4.14. The highest BCUT2D eigenvalue weighted by molar-refractivity contribution is 6.03. The summed E-state index contributed by atoms with van der Waals surface area (Å²) in [6, 6.07) is 11.4. The van der Waals surface area contributed by atoms with Crippen molar-refractivity contribution in [1.29, 1.82) is 10.7 Å². The molecule has 2 aliphatic carbocycles. The quantitative estimate of drug-likeness (QED) is 0.322. The van der Waals surface area contributed by atoms with Gasteiger partial charge in [0, 0.05) is 16.7 Å². The Morgan fingerprint density at radius 2 is 1.55 bits per heavy atom.